The Morgan fingerprint density at radius 1 is 1.62 bits per heavy atom. The molecule has 0 atom stereocenters. The van der Waals surface area contributed by atoms with Gasteiger partial charge in [-0.3, -0.25) is 0 Å². The molecule has 0 aliphatic rings. The molecule has 0 N–H and O–H groups in total. The van der Waals surface area contributed by atoms with Gasteiger partial charge in [0, 0.05) is 9.38 Å². The average molecular weight is 242 g/mol. The highest BCUT2D eigenvalue weighted by Gasteiger charge is 1.99. The Balaban J connectivity index is 2.96. The van der Waals surface area contributed by atoms with Crippen LogP contribution in [0, 0.1) is 0 Å². The molecule has 0 fully saturated rings. The number of halogens is 1. The summed E-state index contributed by atoms with van der Waals surface area (Å²) in [6, 6.07) is 5.53. The third-order valence-electron chi connectivity index (χ3n) is 1.56. The van der Waals surface area contributed by atoms with Crippen molar-refractivity contribution in [1.82, 2.24) is 0 Å². The molecule has 1 aromatic rings. The normalized spacial score (nSPS) is 9.08. The zero-order valence-electron chi connectivity index (χ0n) is 7.07. The molecular weight excluding hydrogens is 234 g/mol. The molecule has 1 rings (SSSR count). The molecule has 0 saturated carbocycles. The maximum Gasteiger partial charge on any atom is 0.119 e. The van der Waals surface area contributed by atoms with Crippen LogP contribution >= 0.6 is 15.9 Å². The molecule has 1 aromatic carbocycles. The maximum atomic E-state index is 8.16. The van der Waals surface area contributed by atoms with E-state index in [2.05, 4.69) is 26.0 Å². The highest BCUT2D eigenvalue weighted by molar-refractivity contribution is 9.10. The van der Waals surface area contributed by atoms with Crippen molar-refractivity contribution in [2.75, 3.05) is 7.11 Å². The zero-order valence-corrected chi connectivity index (χ0v) is 8.65. The zero-order chi connectivity index (χ0) is 9.68. The van der Waals surface area contributed by atoms with E-state index < -0.39 is 0 Å². The highest BCUT2D eigenvalue weighted by atomic mass is 79.9. The minimum atomic E-state index is 0.328. The second kappa shape index (κ2) is 4.74. The van der Waals surface area contributed by atoms with Crippen molar-refractivity contribution in [3.05, 3.63) is 38.7 Å². The fourth-order valence-corrected chi connectivity index (χ4v) is 1.28. The van der Waals surface area contributed by atoms with Crippen LogP contribution in [0.15, 0.2) is 27.8 Å². The summed E-state index contributed by atoms with van der Waals surface area (Å²) in [6.45, 7) is 0.328. The largest absolute Gasteiger partial charge is 0.497 e. The molecule has 0 radical (unpaired) electrons. The summed E-state index contributed by atoms with van der Waals surface area (Å²) in [4.78, 5) is 2.69. The first-order chi connectivity index (χ1) is 6.27. The Morgan fingerprint density at radius 3 is 3.00 bits per heavy atom. The third kappa shape index (κ3) is 2.65. The molecule has 5 heteroatoms. The van der Waals surface area contributed by atoms with Crippen molar-refractivity contribution < 1.29 is 4.74 Å². The summed E-state index contributed by atoms with van der Waals surface area (Å²) in [6.07, 6.45) is 0. The van der Waals surface area contributed by atoms with Crippen LogP contribution in [-0.2, 0) is 6.54 Å². The summed E-state index contributed by atoms with van der Waals surface area (Å²) < 4.78 is 5.95. The molecule has 0 saturated heterocycles. The van der Waals surface area contributed by atoms with Gasteiger partial charge in [-0.05, 0) is 29.3 Å². The fourth-order valence-electron chi connectivity index (χ4n) is 0.907. The van der Waals surface area contributed by atoms with Crippen molar-refractivity contribution in [3.63, 3.8) is 0 Å². The summed E-state index contributed by atoms with van der Waals surface area (Å²) in [5.41, 5.74) is 9.07. The van der Waals surface area contributed by atoms with Gasteiger partial charge < -0.3 is 4.74 Å². The number of ether oxygens (including phenoxy) is 1. The minimum Gasteiger partial charge on any atom is -0.497 e. The molecular formula is C8H8BrN3O. The molecule has 0 heterocycles. The number of nitrogens with zero attached hydrogens (tertiary/aromatic N) is 3. The van der Waals surface area contributed by atoms with Gasteiger partial charge in [0.05, 0.1) is 13.7 Å². The van der Waals surface area contributed by atoms with E-state index in [9.17, 15) is 0 Å². The van der Waals surface area contributed by atoms with Crippen LogP contribution in [0.1, 0.15) is 5.56 Å². The lowest BCUT2D eigenvalue weighted by molar-refractivity contribution is 0.414. The third-order valence-corrected chi connectivity index (χ3v) is 2.33. The molecule has 13 heavy (non-hydrogen) atoms. The van der Waals surface area contributed by atoms with E-state index in [1.807, 2.05) is 18.2 Å². The molecule has 0 aromatic heterocycles. The number of rotatable bonds is 3. The van der Waals surface area contributed by atoms with E-state index in [4.69, 9.17) is 10.3 Å². The maximum absolute atomic E-state index is 8.16. The average Bonchev–Trinajstić information content (AvgIpc) is 2.17. The summed E-state index contributed by atoms with van der Waals surface area (Å²) in [7, 11) is 1.60. The van der Waals surface area contributed by atoms with Crippen LogP contribution < -0.4 is 4.74 Å². The van der Waals surface area contributed by atoms with Gasteiger partial charge in [-0.25, -0.2) is 0 Å². The molecule has 0 aliphatic carbocycles. The van der Waals surface area contributed by atoms with E-state index in [1.54, 1.807) is 7.11 Å². The predicted molar refractivity (Wildman–Crippen MR) is 53.5 cm³/mol. The van der Waals surface area contributed by atoms with Gasteiger partial charge in [-0.2, -0.15) is 0 Å². The number of methoxy groups -OCH3 is 1. The van der Waals surface area contributed by atoms with E-state index in [0.717, 1.165) is 15.8 Å². The topological polar surface area (TPSA) is 58.0 Å². The molecule has 68 valence electrons. The first kappa shape index (κ1) is 9.89. The van der Waals surface area contributed by atoms with Crippen molar-refractivity contribution >= 4 is 15.9 Å². The Hall–Kier alpha value is -1.19. The van der Waals surface area contributed by atoms with Crippen LogP contribution in [0.3, 0.4) is 0 Å². The Kier molecular flexibility index (Phi) is 3.61. The highest BCUT2D eigenvalue weighted by Crippen LogP contribution is 2.22. The van der Waals surface area contributed by atoms with Gasteiger partial charge >= 0.3 is 0 Å². The minimum absolute atomic E-state index is 0.328. The fraction of sp³-hybridized carbons (Fsp3) is 0.250. The Bertz CT molecular complexity index is 347. The molecule has 0 bridgehead atoms. The van der Waals surface area contributed by atoms with Crippen molar-refractivity contribution in [2.45, 2.75) is 6.54 Å². The van der Waals surface area contributed by atoms with Crippen LogP contribution in [-0.4, -0.2) is 7.11 Å². The number of benzene rings is 1. The van der Waals surface area contributed by atoms with Crippen molar-refractivity contribution in [1.29, 1.82) is 0 Å². The van der Waals surface area contributed by atoms with Gasteiger partial charge in [0.25, 0.3) is 0 Å². The molecule has 0 unspecified atom stereocenters. The van der Waals surface area contributed by atoms with Crippen molar-refractivity contribution in [2.24, 2.45) is 5.11 Å². The van der Waals surface area contributed by atoms with E-state index in [0.29, 0.717) is 6.54 Å². The van der Waals surface area contributed by atoms with Crippen LogP contribution in [0.5, 0.6) is 5.75 Å². The molecule has 0 aliphatic heterocycles. The number of hydrogen-bond acceptors (Lipinski definition) is 2. The van der Waals surface area contributed by atoms with Gasteiger partial charge in [0.2, 0.25) is 0 Å². The van der Waals surface area contributed by atoms with Gasteiger partial charge in [-0.1, -0.05) is 21.0 Å². The predicted octanol–water partition coefficient (Wildman–Crippen LogP) is 3.27. The number of azide groups is 1. The molecule has 0 spiro atoms. The SMILES string of the molecule is COc1ccc(Br)c(CN=[N+]=[N-])c1. The lowest BCUT2D eigenvalue weighted by atomic mass is 10.2. The van der Waals surface area contributed by atoms with Crippen LogP contribution in [0.2, 0.25) is 0 Å². The van der Waals surface area contributed by atoms with Gasteiger partial charge in [-0.15, -0.1) is 0 Å². The second-order valence-electron chi connectivity index (χ2n) is 2.35. The van der Waals surface area contributed by atoms with E-state index in [1.165, 1.54) is 0 Å². The quantitative estimate of drug-likeness (QED) is 0.455. The van der Waals surface area contributed by atoms with Crippen LogP contribution in [0.25, 0.3) is 10.4 Å². The van der Waals surface area contributed by atoms with Crippen molar-refractivity contribution in [3.8, 4) is 5.75 Å². The lowest BCUT2D eigenvalue weighted by Gasteiger charge is -2.03. The monoisotopic (exact) mass is 241 g/mol. The summed E-state index contributed by atoms with van der Waals surface area (Å²) in [5.74, 6) is 0.756. The Labute approximate surface area is 84.3 Å². The smallest absolute Gasteiger partial charge is 0.119 e. The first-order valence-electron chi connectivity index (χ1n) is 3.61. The first-order valence-corrected chi connectivity index (χ1v) is 4.40. The van der Waals surface area contributed by atoms with E-state index in [-0.39, 0.29) is 0 Å². The second-order valence-corrected chi connectivity index (χ2v) is 3.20. The summed E-state index contributed by atoms with van der Waals surface area (Å²) >= 11 is 3.35. The molecule has 0 amide bonds. The molecule has 4 nitrogen and oxygen atoms in total. The van der Waals surface area contributed by atoms with E-state index >= 15 is 0 Å². The van der Waals surface area contributed by atoms with Crippen LogP contribution in [0.4, 0.5) is 0 Å². The van der Waals surface area contributed by atoms with Gasteiger partial charge in [0.15, 0.2) is 0 Å². The Morgan fingerprint density at radius 2 is 2.38 bits per heavy atom. The summed E-state index contributed by atoms with van der Waals surface area (Å²) in [5, 5.41) is 3.47. The standard InChI is InChI=1S/C8H8BrN3O/c1-13-7-2-3-8(9)6(4-7)5-11-12-10/h2-4H,5H2,1H3. The van der Waals surface area contributed by atoms with Gasteiger partial charge in [0.1, 0.15) is 5.75 Å². The lowest BCUT2D eigenvalue weighted by Crippen LogP contribution is -1.87. The number of hydrogen-bond donors (Lipinski definition) is 0.